The van der Waals surface area contributed by atoms with Crippen molar-refractivity contribution in [2.45, 2.75) is 78.9 Å². The minimum atomic E-state index is -0.797. The van der Waals surface area contributed by atoms with Crippen LogP contribution in [0.3, 0.4) is 0 Å². The Labute approximate surface area is 314 Å². The third kappa shape index (κ3) is 10.9. The quantitative estimate of drug-likeness (QED) is 0.192. The Morgan fingerprint density at radius 2 is 0.648 bits per heavy atom. The van der Waals surface area contributed by atoms with Crippen LogP contribution in [0.4, 0.5) is 0 Å². The molecular formula is C42H44N4O8. The number of carbonyl (C=O) groups is 6. The van der Waals surface area contributed by atoms with E-state index in [9.17, 15) is 28.8 Å². The Morgan fingerprint density at radius 1 is 0.426 bits per heavy atom. The fraction of sp³-hybridized carbons (Fsp3) is 0.286. The minimum Gasteiger partial charge on any atom is -0.456 e. The van der Waals surface area contributed by atoms with Gasteiger partial charge in [0.15, 0.2) is 0 Å². The maximum atomic E-state index is 13.4. The molecule has 8 rings (SSSR count). The first-order valence-electron chi connectivity index (χ1n) is 17.5. The van der Waals surface area contributed by atoms with Gasteiger partial charge >= 0.3 is 11.9 Å². The fourth-order valence-corrected chi connectivity index (χ4v) is 5.38. The van der Waals surface area contributed by atoms with Crippen molar-refractivity contribution in [3.63, 3.8) is 0 Å². The summed E-state index contributed by atoms with van der Waals surface area (Å²) < 4.78 is 11.0. The summed E-state index contributed by atoms with van der Waals surface area (Å²) in [5.41, 5.74) is 1.97. The first-order chi connectivity index (χ1) is 25.4. The lowest BCUT2D eigenvalue weighted by Gasteiger charge is -2.20. The zero-order valence-corrected chi connectivity index (χ0v) is 31.2. The molecule has 0 radical (unpaired) electrons. The molecule has 4 aromatic rings. The summed E-state index contributed by atoms with van der Waals surface area (Å²) in [7, 11) is 0. The molecule has 0 fully saturated rings. The highest BCUT2D eigenvalue weighted by molar-refractivity contribution is 6.04. The average molecular weight is 733 g/mol. The smallest absolute Gasteiger partial charge is 0.338 e. The van der Waals surface area contributed by atoms with Crippen molar-refractivity contribution < 1.29 is 38.2 Å². The van der Waals surface area contributed by atoms with Gasteiger partial charge in [-0.3, -0.25) is 19.2 Å². The Balaban J connectivity index is 1.45. The van der Waals surface area contributed by atoms with Crippen LogP contribution in [0.5, 0.6) is 0 Å². The Kier molecular flexibility index (Phi) is 11.6. The Morgan fingerprint density at radius 3 is 0.852 bits per heavy atom. The van der Waals surface area contributed by atoms with Gasteiger partial charge in [-0.15, -0.1) is 0 Å². The van der Waals surface area contributed by atoms with E-state index >= 15 is 0 Å². The van der Waals surface area contributed by atoms with E-state index in [0.29, 0.717) is 0 Å². The topological polar surface area (TPSA) is 169 Å². The lowest BCUT2D eigenvalue weighted by Crippen LogP contribution is -2.28. The number of amides is 4. The zero-order chi connectivity index (χ0) is 39.2. The summed E-state index contributed by atoms with van der Waals surface area (Å²) in [5, 5.41) is 11.3. The van der Waals surface area contributed by atoms with Gasteiger partial charge in [-0.1, -0.05) is 48.5 Å². The highest BCUT2D eigenvalue weighted by Crippen LogP contribution is 2.19. The predicted molar refractivity (Wildman–Crippen MR) is 201 cm³/mol. The van der Waals surface area contributed by atoms with Gasteiger partial charge in [0.05, 0.1) is 11.1 Å². The number of hydrogen-bond donors (Lipinski definition) is 4. The molecular weight excluding hydrogens is 688 g/mol. The van der Waals surface area contributed by atoms with E-state index in [-0.39, 0.29) is 59.6 Å². The highest BCUT2D eigenvalue weighted by Gasteiger charge is 2.23. The van der Waals surface area contributed by atoms with Crippen LogP contribution in [0.2, 0.25) is 0 Å². The zero-order valence-electron chi connectivity index (χ0n) is 31.2. The standard InChI is InChI=1S/C42H44N4O8/c1-41(2,3)53-39(51)33-17-29-15-30(18-33)36(48)44-22-26-9-13-28(14-10-26)24-46-38(50)32-16-31(19-34(20-32)40(52)54-42(4,5)6)37(49)45-23-27-11-7-25(8-12-27)21-43-35(29)47/h7-20H,21-24H2,1-6H3,(H,43,47)(H,44,48)(H,45,49)(H,46,50). The maximum absolute atomic E-state index is 13.4. The molecule has 0 saturated carbocycles. The van der Waals surface area contributed by atoms with Crippen molar-refractivity contribution in [3.05, 3.63) is 141 Å². The minimum absolute atomic E-state index is 0.0564. The van der Waals surface area contributed by atoms with Crippen molar-refractivity contribution >= 4 is 35.6 Å². The third-order valence-electron chi connectivity index (χ3n) is 8.04. The van der Waals surface area contributed by atoms with E-state index in [0.717, 1.165) is 22.3 Å². The monoisotopic (exact) mass is 732 g/mol. The van der Waals surface area contributed by atoms with Crippen molar-refractivity contribution in [1.82, 2.24) is 21.3 Å². The van der Waals surface area contributed by atoms with Gasteiger partial charge in [-0.2, -0.15) is 0 Å². The molecule has 4 N–H and O–H groups in total. The van der Waals surface area contributed by atoms with E-state index in [1.165, 1.54) is 36.4 Å². The molecule has 4 aromatic carbocycles. The molecule has 4 aliphatic heterocycles. The van der Waals surface area contributed by atoms with Crippen LogP contribution in [0.15, 0.2) is 84.9 Å². The van der Waals surface area contributed by atoms with Gasteiger partial charge in [0.2, 0.25) is 0 Å². The number of hydrogen-bond acceptors (Lipinski definition) is 8. The number of esters is 2. The lowest BCUT2D eigenvalue weighted by molar-refractivity contribution is 0.00568. The molecule has 4 heterocycles. The molecule has 0 aliphatic carbocycles. The number of carbonyl (C=O) groups excluding carboxylic acids is 6. The molecule has 0 unspecified atom stereocenters. The molecule has 280 valence electrons. The summed E-state index contributed by atoms with van der Waals surface area (Å²) >= 11 is 0. The van der Waals surface area contributed by atoms with Gasteiger partial charge in [0.1, 0.15) is 11.2 Å². The molecule has 0 atom stereocenters. The number of benzene rings is 4. The second-order valence-corrected chi connectivity index (χ2v) is 15.0. The van der Waals surface area contributed by atoms with Gasteiger partial charge < -0.3 is 30.7 Å². The van der Waals surface area contributed by atoms with Crippen LogP contribution in [0.1, 0.15) is 126 Å². The molecule has 12 nitrogen and oxygen atoms in total. The van der Waals surface area contributed by atoms with Crippen LogP contribution in [-0.2, 0) is 35.7 Å². The molecule has 4 aliphatic rings. The van der Waals surface area contributed by atoms with Crippen LogP contribution in [0.25, 0.3) is 0 Å². The van der Waals surface area contributed by atoms with Crippen molar-refractivity contribution in [2.24, 2.45) is 0 Å². The predicted octanol–water partition coefficient (Wildman–Crippen LogP) is 5.63. The number of ether oxygens (including phenoxy) is 2. The summed E-state index contributed by atoms with van der Waals surface area (Å²) in [6.07, 6.45) is 0. The fourth-order valence-electron chi connectivity index (χ4n) is 5.38. The van der Waals surface area contributed by atoms with E-state index in [1.54, 1.807) is 90.1 Å². The van der Waals surface area contributed by atoms with E-state index in [4.69, 9.17) is 9.47 Å². The Hall–Kier alpha value is -6.30. The van der Waals surface area contributed by atoms with E-state index in [2.05, 4.69) is 21.3 Å². The maximum Gasteiger partial charge on any atom is 0.338 e. The highest BCUT2D eigenvalue weighted by atomic mass is 16.6. The third-order valence-corrected chi connectivity index (χ3v) is 8.04. The first-order valence-corrected chi connectivity index (χ1v) is 17.5. The lowest BCUT2D eigenvalue weighted by atomic mass is 10.0. The van der Waals surface area contributed by atoms with Gasteiger partial charge in [0, 0.05) is 48.4 Å². The van der Waals surface area contributed by atoms with Crippen molar-refractivity contribution in [1.29, 1.82) is 0 Å². The van der Waals surface area contributed by atoms with Crippen molar-refractivity contribution in [2.75, 3.05) is 0 Å². The molecule has 12 heteroatoms. The normalized spacial score (nSPS) is 14.3. The summed E-state index contributed by atoms with van der Waals surface area (Å²) in [6.45, 7) is 10.9. The van der Waals surface area contributed by atoms with Gasteiger partial charge in [-0.05, 0) is 100 Å². The van der Waals surface area contributed by atoms with Crippen molar-refractivity contribution in [3.8, 4) is 0 Å². The molecule has 8 bridgehead atoms. The van der Waals surface area contributed by atoms with E-state index < -0.39 is 46.8 Å². The van der Waals surface area contributed by atoms with Crippen LogP contribution >= 0.6 is 0 Å². The molecule has 4 amide bonds. The summed E-state index contributed by atoms with van der Waals surface area (Å²) in [5.74, 6) is -3.34. The SMILES string of the molecule is CC(C)(C)OC(=O)c1cc2cc(c1)C(=O)NCc1ccc(cc1)CNC(=O)c1cc(cc(C(=O)OC(C)(C)C)c1)C(=O)NCc1ccc(cc1)CNC2=O. The Bertz CT molecular complexity index is 1830. The van der Waals surface area contributed by atoms with Crippen LogP contribution in [0, 0.1) is 0 Å². The van der Waals surface area contributed by atoms with E-state index in [1.807, 2.05) is 0 Å². The number of nitrogens with one attached hydrogen (secondary N) is 4. The largest absolute Gasteiger partial charge is 0.456 e. The first kappa shape index (κ1) is 38.9. The summed E-state index contributed by atoms with van der Waals surface area (Å²) in [6, 6.07) is 22.7. The number of rotatable bonds is 2. The van der Waals surface area contributed by atoms with Gasteiger partial charge in [0.25, 0.3) is 23.6 Å². The molecule has 0 spiro atoms. The second kappa shape index (κ2) is 16.2. The molecule has 0 saturated heterocycles. The second-order valence-electron chi connectivity index (χ2n) is 15.0. The van der Waals surface area contributed by atoms with Crippen LogP contribution < -0.4 is 21.3 Å². The van der Waals surface area contributed by atoms with Crippen LogP contribution in [-0.4, -0.2) is 46.8 Å². The average Bonchev–Trinajstić information content (AvgIpc) is 3.12. The van der Waals surface area contributed by atoms with Gasteiger partial charge in [-0.25, -0.2) is 9.59 Å². The summed E-state index contributed by atoms with van der Waals surface area (Å²) in [4.78, 5) is 79.5. The molecule has 54 heavy (non-hydrogen) atoms. The molecule has 0 aromatic heterocycles.